The highest BCUT2D eigenvalue weighted by Crippen LogP contribution is 2.33. The lowest BCUT2D eigenvalue weighted by molar-refractivity contribution is -0.115. The topological polar surface area (TPSA) is 76.7 Å². The number of hydrogen-bond donors (Lipinski definition) is 2. The number of rotatable bonds is 6. The molecular weight excluding hydrogens is 468 g/mol. The lowest BCUT2D eigenvalue weighted by Crippen LogP contribution is -2.33. The maximum Gasteiger partial charge on any atom is 0.255 e. The van der Waals surface area contributed by atoms with Gasteiger partial charge in [-0.2, -0.15) is 0 Å². The molecule has 0 aliphatic rings. The van der Waals surface area contributed by atoms with Crippen LogP contribution in [0.3, 0.4) is 0 Å². The van der Waals surface area contributed by atoms with Crippen LogP contribution in [0.4, 0.5) is 5.69 Å². The Labute approximate surface area is 168 Å². The molecule has 26 heavy (non-hydrogen) atoms. The van der Waals surface area contributed by atoms with Gasteiger partial charge >= 0.3 is 0 Å². The van der Waals surface area contributed by atoms with Gasteiger partial charge in [0.1, 0.15) is 11.5 Å². The Kier molecular flexibility index (Phi) is 7.05. The van der Waals surface area contributed by atoms with Gasteiger partial charge in [0.05, 0.1) is 30.8 Å². The van der Waals surface area contributed by atoms with E-state index in [4.69, 9.17) is 9.47 Å². The number of carbonyl (C=O) groups is 2. The molecule has 6 nitrogen and oxygen atoms in total. The van der Waals surface area contributed by atoms with Gasteiger partial charge in [-0.15, -0.1) is 0 Å². The summed E-state index contributed by atoms with van der Waals surface area (Å²) in [6.45, 7) is 1.71. The van der Waals surface area contributed by atoms with Crippen molar-refractivity contribution in [1.29, 1.82) is 0 Å². The summed E-state index contributed by atoms with van der Waals surface area (Å²) in [4.78, 5) is 24.6. The number of methoxy groups -OCH3 is 2. The third kappa shape index (κ3) is 4.98. The number of carbonyl (C=O) groups excluding carboxylic acids is 2. The van der Waals surface area contributed by atoms with Gasteiger partial charge < -0.3 is 20.1 Å². The molecule has 0 saturated carbocycles. The highest BCUT2D eigenvalue weighted by Gasteiger charge is 2.18. The van der Waals surface area contributed by atoms with Crippen molar-refractivity contribution in [3.05, 3.63) is 50.4 Å². The lowest BCUT2D eigenvalue weighted by Gasteiger charge is -2.13. The minimum absolute atomic E-state index is 0.174. The fourth-order valence-corrected chi connectivity index (χ4v) is 3.36. The molecule has 0 saturated heterocycles. The van der Waals surface area contributed by atoms with E-state index in [0.29, 0.717) is 21.7 Å². The first-order valence-corrected chi connectivity index (χ1v) is 9.20. The molecule has 2 aromatic rings. The zero-order chi connectivity index (χ0) is 19.3. The van der Waals surface area contributed by atoms with E-state index in [1.54, 1.807) is 18.2 Å². The van der Waals surface area contributed by atoms with Crippen LogP contribution in [0.15, 0.2) is 39.3 Å². The normalized spacial score (nSPS) is 10.2. The minimum atomic E-state index is -0.441. The first-order chi connectivity index (χ1) is 12.3. The molecular formula is C18H18Br2N2O4. The third-order valence-corrected chi connectivity index (χ3v) is 4.66. The SMILES string of the molecule is COc1cc(Br)c(OC)c(C(=O)NCC(=O)Nc2ccc(Br)cc2C)c1. The average molecular weight is 486 g/mol. The highest BCUT2D eigenvalue weighted by molar-refractivity contribution is 9.10. The van der Waals surface area contributed by atoms with Crippen LogP contribution in [-0.4, -0.2) is 32.6 Å². The van der Waals surface area contributed by atoms with Crippen molar-refractivity contribution in [1.82, 2.24) is 5.32 Å². The molecule has 8 heteroatoms. The quantitative estimate of drug-likeness (QED) is 0.650. The molecule has 0 atom stereocenters. The standard InChI is InChI=1S/C18H18Br2N2O4/c1-10-6-11(19)4-5-15(10)22-16(23)9-21-18(24)13-7-12(25-2)8-14(20)17(13)26-3/h4-8H,9H2,1-3H3,(H,21,24)(H,22,23). The van der Waals surface area contributed by atoms with Crippen molar-refractivity contribution < 1.29 is 19.1 Å². The molecule has 138 valence electrons. The number of hydrogen-bond acceptors (Lipinski definition) is 4. The number of anilines is 1. The third-order valence-electron chi connectivity index (χ3n) is 3.57. The maximum absolute atomic E-state index is 12.5. The van der Waals surface area contributed by atoms with E-state index >= 15 is 0 Å². The molecule has 2 amide bonds. The lowest BCUT2D eigenvalue weighted by atomic mass is 10.1. The van der Waals surface area contributed by atoms with Gasteiger partial charge in [0.25, 0.3) is 5.91 Å². The van der Waals surface area contributed by atoms with Crippen LogP contribution in [0.1, 0.15) is 15.9 Å². The van der Waals surface area contributed by atoms with Crippen LogP contribution in [0.25, 0.3) is 0 Å². The monoisotopic (exact) mass is 484 g/mol. The first kappa shape index (κ1) is 20.3. The summed E-state index contributed by atoms with van der Waals surface area (Å²) >= 11 is 6.71. The Morgan fingerprint density at radius 2 is 1.81 bits per heavy atom. The average Bonchev–Trinajstić information content (AvgIpc) is 2.61. The highest BCUT2D eigenvalue weighted by atomic mass is 79.9. The zero-order valence-electron chi connectivity index (χ0n) is 14.5. The van der Waals surface area contributed by atoms with Crippen molar-refractivity contribution in [2.24, 2.45) is 0 Å². The molecule has 0 unspecified atom stereocenters. The first-order valence-electron chi connectivity index (χ1n) is 7.61. The zero-order valence-corrected chi connectivity index (χ0v) is 17.7. The largest absolute Gasteiger partial charge is 0.497 e. The minimum Gasteiger partial charge on any atom is -0.497 e. The van der Waals surface area contributed by atoms with E-state index in [9.17, 15) is 9.59 Å². The fraction of sp³-hybridized carbons (Fsp3) is 0.222. The second kappa shape index (κ2) is 9.05. The molecule has 0 radical (unpaired) electrons. The second-order valence-electron chi connectivity index (χ2n) is 5.38. The summed E-state index contributed by atoms with van der Waals surface area (Å²) < 4.78 is 11.9. The summed E-state index contributed by atoms with van der Waals surface area (Å²) in [7, 11) is 2.97. The molecule has 0 fully saturated rings. The summed E-state index contributed by atoms with van der Waals surface area (Å²) in [6.07, 6.45) is 0. The van der Waals surface area contributed by atoms with Crippen LogP contribution in [-0.2, 0) is 4.79 Å². The Morgan fingerprint density at radius 1 is 1.08 bits per heavy atom. The Balaban J connectivity index is 2.06. The van der Waals surface area contributed by atoms with Crippen LogP contribution in [0.2, 0.25) is 0 Å². The summed E-state index contributed by atoms with van der Waals surface area (Å²) in [6, 6.07) is 8.77. The number of nitrogens with one attached hydrogen (secondary N) is 2. The fourth-order valence-electron chi connectivity index (χ4n) is 2.28. The van der Waals surface area contributed by atoms with Crippen molar-refractivity contribution in [2.45, 2.75) is 6.92 Å². The summed E-state index contributed by atoms with van der Waals surface area (Å²) in [5, 5.41) is 5.35. The molecule has 0 aliphatic carbocycles. The van der Waals surface area contributed by atoms with Gasteiger partial charge in [-0.25, -0.2) is 0 Å². The predicted molar refractivity (Wildman–Crippen MR) is 107 cm³/mol. The molecule has 2 aromatic carbocycles. The number of halogens is 2. The van der Waals surface area contributed by atoms with Gasteiger partial charge in [0, 0.05) is 10.2 Å². The van der Waals surface area contributed by atoms with Gasteiger partial charge in [-0.3, -0.25) is 9.59 Å². The summed E-state index contributed by atoms with van der Waals surface area (Å²) in [5.41, 5.74) is 1.87. The number of aryl methyl sites for hydroxylation is 1. The molecule has 0 aliphatic heterocycles. The Bertz CT molecular complexity index is 840. The Hall–Kier alpha value is -2.06. The molecule has 0 bridgehead atoms. The van der Waals surface area contributed by atoms with Gasteiger partial charge in [-0.05, 0) is 58.7 Å². The van der Waals surface area contributed by atoms with E-state index in [1.165, 1.54) is 14.2 Å². The molecule has 0 aromatic heterocycles. The van der Waals surface area contributed by atoms with Crippen LogP contribution >= 0.6 is 31.9 Å². The maximum atomic E-state index is 12.5. The van der Waals surface area contributed by atoms with Gasteiger partial charge in [0.2, 0.25) is 5.91 Å². The van der Waals surface area contributed by atoms with Crippen LogP contribution < -0.4 is 20.1 Å². The van der Waals surface area contributed by atoms with Crippen molar-refractivity contribution in [3.8, 4) is 11.5 Å². The number of amides is 2. The van der Waals surface area contributed by atoms with Crippen molar-refractivity contribution in [3.63, 3.8) is 0 Å². The summed E-state index contributed by atoms with van der Waals surface area (Å²) in [5.74, 6) is 0.0963. The van der Waals surface area contributed by atoms with Gasteiger partial charge in [0.15, 0.2) is 0 Å². The van der Waals surface area contributed by atoms with Crippen LogP contribution in [0.5, 0.6) is 11.5 Å². The molecule has 2 N–H and O–H groups in total. The van der Waals surface area contributed by atoms with Crippen molar-refractivity contribution >= 4 is 49.4 Å². The van der Waals surface area contributed by atoms with E-state index in [0.717, 1.165) is 10.0 Å². The van der Waals surface area contributed by atoms with E-state index in [-0.39, 0.29) is 18.0 Å². The van der Waals surface area contributed by atoms with E-state index in [2.05, 4.69) is 42.5 Å². The van der Waals surface area contributed by atoms with Crippen molar-refractivity contribution in [2.75, 3.05) is 26.1 Å². The second-order valence-corrected chi connectivity index (χ2v) is 7.15. The predicted octanol–water partition coefficient (Wildman–Crippen LogP) is 3.91. The van der Waals surface area contributed by atoms with Gasteiger partial charge in [-0.1, -0.05) is 15.9 Å². The van der Waals surface area contributed by atoms with E-state index in [1.807, 2.05) is 19.1 Å². The molecule has 2 rings (SSSR count). The molecule has 0 heterocycles. The number of benzene rings is 2. The smallest absolute Gasteiger partial charge is 0.255 e. The Morgan fingerprint density at radius 3 is 2.42 bits per heavy atom. The molecule has 0 spiro atoms. The number of ether oxygens (including phenoxy) is 2. The van der Waals surface area contributed by atoms with E-state index < -0.39 is 5.91 Å². The van der Waals surface area contributed by atoms with Crippen LogP contribution in [0, 0.1) is 6.92 Å².